The summed E-state index contributed by atoms with van der Waals surface area (Å²) in [6, 6.07) is 0. The molecule has 0 saturated heterocycles. The zero-order valence-electron chi connectivity index (χ0n) is 6.66. The van der Waals surface area contributed by atoms with Gasteiger partial charge in [-0.3, -0.25) is 0 Å². The second-order valence-corrected chi connectivity index (χ2v) is 3.12. The fourth-order valence-electron chi connectivity index (χ4n) is 0.643. The number of carbonyl (C=O) groups is 1. The summed E-state index contributed by atoms with van der Waals surface area (Å²) in [5.74, 6) is -2.17. The number of aliphatic carboxylic acids is 1. The minimum absolute atomic E-state index is 1.76. The van der Waals surface area contributed by atoms with Crippen molar-refractivity contribution >= 4 is 29.2 Å². The number of rotatable bonds is 4. The number of halogens is 7. The SMILES string of the molecule is O=C(O)C(Cl)=C(C(F)C(F)F)C(F)(F)Cl. The molecule has 1 atom stereocenters. The van der Waals surface area contributed by atoms with Crippen LogP contribution < -0.4 is 0 Å². The summed E-state index contributed by atoms with van der Waals surface area (Å²) in [7, 11) is 0. The molecule has 0 aromatic carbocycles. The molecule has 9 heteroatoms. The number of carboxylic acid groups (broad SMARTS) is 1. The molecule has 0 bridgehead atoms. The van der Waals surface area contributed by atoms with E-state index < -0.39 is 34.6 Å². The van der Waals surface area contributed by atoms with Crippen molar-refractivity contribution in [2.75, 3.05) is 0 Å². The number of carboxylic acids is 1. The lowest BCUT2D eigenvalue weighted by Crippen LogP contribution is -2.28. The molecule has 0 aromatic heterocycles. The molecule has 0 spiro atoms. The third-order valence-electron chi connectivity index (χ3n) is 1.23. The van der Waals surface area contributed by atoms with Crippen molar-refractivity contribution < 1.29 is 31.9 Å². The number of hydrogen-bond donors (Lipinski definition) is 1. The predicted octanol–water partition coefficient (Wildman–Crippen LogP) is 3.00. The van der Waals surface area contributed by atoms with E-state index in [1.807, 2.05) is 0 Å². The highest BCUT2D eigenvalue weighted by molar-refractivity contribution is 6.42. The van der Waals surface area contributed by atoms with E-state index in [1.54, 1.807) is 0 Å². The lowest BCUT2D eigenvalue weighted by Gasteiger charge is -2.17. The van der Waals surface area contributed by atoms with E-state index in [0.29, 0.717) is 0 Å². The first-order chi connectivity index (χ1) is 6.59. The van der Waals surface area contributed by atoms with Crippen LogP contribution >= 0.6 is 23.2 Å². The lowest BCUT2D eigenvalue weighted by molar-refractivity contribution is -0.132. The van der Waals surface area contributed by atoms with Gasteiger partial charge in [0.1, 0.15) is 5.03 Å². The van der Waals surface area contributed by atoms with Gasteiger partial charge in [-0.25, -0.2) is 18.0 Å². The van der Waals surface area contributed by atoms with E-state index in [-0.39, 0.29) is 0 Å². The summed E-state index contributed by atoms with van der Waals surface area (Å²) < 4.78 is 60.9. The Kier molecular flexibility index (Phi) is 4.79. The van der Waals surface area contributed by atoms with Gasteiger partial charge in [-0.15, -0.1) is 0 Å². The van der Waals surface area contributed by atoms with E-state index in [9.17, 15) is 26.7 Å². The molecule has 1 N–H and O–H groups in total. The van der Waals surface area contributed by atoms with Crippen molar-refractivity contribution in [1.29, 1.82) is 0 Å². The van der Waals surface area contributed by atoms with Crippen LogP contribution in [0.2, 0.25) is 0 Å². The molecule has 0 aliphatic rings. The molecule has 0 heterocycles. The first-order valence-electron chi connectivity index (χ1n) is 3.21. The van der Waals surface area contributed by atoms with Crippen molar-refractivity contribution in [2.45, 2.75) is 18.0 Å². The van der Waals surface area contributed by atoms with Crippen molar-refractivity contribution in [3.8, 4) is 0 Å². The van der Waals surface area contributed by atoms with Gasteiger partial charge in [-0.1, -0.05) is 11.6 Å². The third-order valence-corrected chi connectivity index (χ3v) is 1.80. The number of alkyl halides is 6. The fraction of sp³-hybridized carbons (Fsp3) is 0.500. The Balaban J connectivity index is 5.45. The van der Waals surface area contributed by atoms with E-state index in [0.717, 1.165) is 0 Å². The monoisotopic (exact) mass is 272 g/mol. The molecule has 0 saturated carbocycles. The zero-order valence-corrected chi connectivity index (χ0v) is 8.17. The molecular formula is C6H3Cl2F5O2. The van der Waals surface area contributed by atoms with Gasteiger partial charge in [-0.05, 0) is 11.6 Å². The van der Waals surface area contributed by atoms with Gasteiger partial charge in [0.2, 0.25) is 0 Å². The van der Waals surface area contributed by atoms with Gasteiger partial charge < -0.3 is 5.11 Å². The Bertz CT molecular complexity index is 286. The first-order valence-corrected chi connectivity index (χ1v) is 3.97. The van der Waals surface area contributed by atoms with Crippen LogP contribution in [0.5, 0.6) is 0 Å². The van der Waals surface area contributed by atoms with Crippen LogP contribution in [0.3, 0.4) is 0 Å². The number of allylic oxidation sites excluding steroid dienone is 1. The molecule has 0 amide bonds. The molecule has 0 radical (unpaired) electrons. The maximum absolute atomic E-state index is 12.6. The lowest BCUT2D eigenvalue weighted by atomic mass is 10.1. The summed E-state index contributed by atoms with van der Waals surface area (Å²) in [6.45, 7) is 0. The molecule has 2 nitrogen and oxygen atoms in total. The molecule has 0 aromatic rings. The Morgan fingerprint density at radius 1 is 1.27 bits per heavy atom. The minimum Gasteiger partial charge on any atom is -0.477 e. The Morgan fingerprint density at radius 3 is 1.87 bits per heavy atom. The maximum Gasteiger partial charge on any atom is 0.349 e. The third kappa shape index (κ3) is 3.83. The minimum atomic E-state index is -4.59. The summed E-state index contributed by atoms with van der Waals surface area (Å²) in [5, 5.41) is 1.80. The quantitative estimate of drug-likeness (QED) is 0.485. The van der Waals surface area contributed by atoms with E-state index in [4.69, 9.17) is 16.7 Å². The van der Waals surface area contributed by atoms with E-state index >= 15 is 0 Å². The predicted molar refractivity (Wildman–Crippen MR) is 42.2 cm³/mol. The highest BCUT2D eigenvalue weighted by Gasteiger charge is 2.44. The Hall–Kier alpha value is -0.560. The molecule has 1 unspecified atom stereocenters. The summed E-state index contributed by atoms with van der Waals surface area (Å²) in [6.07, 6.45) is -7.39. The van der Waals surface area contributed by atoms with Gasteiger partial charge in [0.15, 0.2) is 6.17 Å². The summed E-state index contributed by atoms with van der Waals surface area (Å²) in [5.41, 5.74) is -2.16. The largest absolute Gasteiger partial charge is 0.477 e. The van der Waals surface area contributed by atoms with Crippen molar-refractivity contribution in [1.82, 2.24) is 0 Å². The van der Waals surface area contributed by atoms with Gasteiger partial charge in [0.25, 0.3) is 6.43 Å². The van der Waals surface area contributed by atoms with Gasteiger partial charge in [-0.2, -0.15) is 8.78 Å². The van der Waals surface area contributed by atoms with Crippen LogP contribution in [-0.2, 0) is 4.79 Å². The molecule has 0 aliphatic carbocycles. The smallest absolute Gasteiger partial charge is 0.349 e. The van der Waals surface area contributed by atoms with Crippen LogP contribution in [0.15, 0.2) is 10.6 Å². The Morgan fingerprint density at radius 2 is 1.67 bits per heavy atom. The second kappa shape index (κ2) is 4.98. The van der Waals surface area contributed by atoms with Crippen LogP contribution in [0.4, 0.5) is 22.0 Å². The topological polar surface area (TPSA) is 37.3 Å². The summed E-state index contributed by atoms with van der Waals surface area (Å²) in [4.78, 5) is 10.1. The zero-order chi connectivity index (χ0) is 12.4. The van der Waals surface area contributed by atoms with Crippen molar-refractivity contribution in [2.24, 2.45) is 0 Å². The van der Waals surface area contributed by atoms with Crippen LogP contribution in [-0.4, -0.2) is 29.1 Å². The molecule has 0 aliphatic heterocycles. The average Bonchev–Trinajstić information content (AvgIpc) is 2.01. The van der Waals surface area contributed by atoms with E-state index in [2.05, 4.69) is 11.6 Å². The highest BCUT2D eigenvalue weighted by Crippen LogP contribution is 2.37. The highest BCUT2D eigenvalue weighted by atomic mass is 35.5. The molecular weight excluding hydrogens is 270 g/mol. The van der Waals surface area contributed by atoms with E-state index in [1.165, 1.54) is 0 Å². The second-order valence-electron chi connectivity index (χ2n) is 2.27. The Labute approximate surface area is 90.3 Å². The molecule has 0 fully saturated rings. The summed E-state index contributed by atoms with van der Waals surface area (Å²) >= 11 is 9.01. The number of hydrogen-bond acceptors (Lipinski definition) is 1. The fourth-order valence-corrected chi connectivity index (χ4v) is 1.11. The molecule has 0 rings (SSSR count). The van der Waals surface area contributed by atoms with Gasteiger partial charge in [0.05, 0.1) is 5.57 Å². The molecule has 88 valence electrons. The normalized spacial score (nSPS) is 16.3. The molecule has 15 heavy (non-hydrogen) atoms. The van der Waals surface area contributed by atoms with Crippen molar-refractivity contribution in [3.63, 3.8) is 0 Å². The van der Waals surface area contributed by atoms with Crippen LogP contribution in [0, 0.1) is 0 Å². The van der Waals surface area contributed by atoms with Crippen LogP contribution in [0.1, 0.15) is 0 Å². The maximum atomic E-state index is 12.6. The van der Waals surface area contributed by atoms with Gasteiger partial charge >= 0.3 is 11.4 Å². The van der Waals surface area contributed by atoms with Crippen molar-refractivity contribution in [3.05, 3.63) is 10.6 Å². The first kappa shape index (κ1) is 14.4. The van der Waals surface area contributed by atoms with Gasteiger partial charge in [0, 0.05) is 0 Å². The standard InChI is InChI=1S/C6H3Cl2F5O2/c7-2(5(14)15)1(6(8,12)13)3(9)4(10)11/h3-4H,(H,14,15). The van der Waals surface area contributed by atoms with Crippen LogP contribution in [0.25, 0.3) is 0 Å². The average molecular weight is 273 g/mol.